The van der Waals surface area contributed by atoms with Crippen molar-refractivity contribution >= 4 is 0 Å². The van der Waals surface area contributed by atoms with Gasteiger partial charge >= 0.3 is 0 Å². The molecule has 1 aliphatic heterocycles. The third-order valence-electron chi connectivity index (χ3n) is 5.41. The van der Waals surface area contributed by atoms with Gasteiger partial charge in [0.15, 0.2) is 0 Å². The van der Waals surface area contributed by atoms with Gasteiger partial charge in [-0.15, -0.1) is 0 Å². The molecule has 108 valence electrons. The molecule has 0 bridgehead atoms. The largest absolute Gasteiger partial charge is 0.298 e. The summed E-state index contributed by atoms with van der Waals surface area (Å²) in [5.74, 6) is 1.78. The van der Waals surface area contributed by atoms with Crippen LogP contribution in [0.5, 0.6) is 0 Å². The van der Waals surface area contributed by atoms with Gasteiger partial charge in [-0.05, 0) is 37.5 Å². The molecular formula is C16H29N3. The third kappa shape index (κ3) is 3.49. The standard InChI is InChI=1S/C16H29N3/c1-4-15(12-17)18-7-9-19(10-8-18)16-6-5-13(2)14(3)11-16/h13-16H,4-11H2,1-3H3. The van der Waals surface area contributed by atoms with Crippen LogP contribution in [0.15, 0.2) is 0 Å². The van der Waals surface area contributed by atoms with Gasteiger partial charge in [-0.3, -0.25) is 9.80 Å². The van der Waals surface area contributed by atoms with Crippen molar-refractivity contribution in [1.29, 1.82) is 5.26 Å². The Labute approximate surface area is 118 Å². The average Bonchev–Trinajstić information content (AvgIpc) is 2.44. The first-order valence-electron chi connectivity index (χ1n) is 8.03. The fourth-order valence-corrected chi connectivity index (χ4v) is 3.70. The summed E-state index contributed by atoms with van der Waals surface area (Å²) in [7, 11) is 0. The second-order valence-electron chi connectivity index (χ2n) is 6.55. The Kier molecular flexibility index (Phi) is 5.24. The van der Waals surface area contributed by atoms with Crippen LogP contribution in [-0.2, 0) is 0 Å². The fourth-order valence-electron chi connectivity index (χ4n) is 3.70. The van der Waals surface area contributed by atoms with Crippen molar-refractivity contribution in [2.24, 2.45) is 11.8 Å². The fraction of sp³-hybridized carbons (Fsp3) is 0.938. The Morgan fingerprint density at radius 2 is 1.79 bits per heavy atom. The van der Waals surface area contributed by atoms with Crippen LogP contribution in [0.4, 0.5) is 0 Å². The van der Waals surface area contributed by atoms with Gasteiger partial charge in [0.1, 0.15) is 0 Å². The van der Waals surface area contributed by atoms with Gasteiger partial charge < -0.3 is 0 Å². The van der Waals surface area contributed by atoms with Gasteiger partial charge in [0, 0.05) is 32.2 Å². The van der Waals surface area contributed by atoms with E-state index in [-0.39, 0.29) is 6.04 Å². The molecular weight excluding hydrogens is 234 g/mol. The van der Waals surface area contributed by atoms with Crippen molar-refractivity contribution in [3.8, 4) is 6.07 Å². The summed E-state index contributed by atoms with van der Waals surface area (Å²) in [6.07, 6.45) is 5.09. The van der Waals surface area contributed by atoms with Crippen LogP contribution in [0.3, 0.4) is 0 Å². The van der Waals surface area contributed by atoms with Gasteiger partial charge in [-0.2, -0.15) is 5.26 Å². The summed E-state index contributed by atoms with van der Waals surface area (Å²) < 4.78 is 0. The van der Waals surface area contributed by atoms with Crippen molar-refractivity contribution in [3.63, 3.8) is 0 Å². The Bertz CT molecular complexity index is 314. The maximum Gasteiger partial charge on any atom is 0.0976 e. The normalized spacial score (nSPS) is 35.8. The Balaban J connectivity index is 1.82. The molecule has 4 unspecified atom stereocenters. The minimum Gasteiger partial charge on any atom is -0.298 e. The number of piperazine rings is 1. The molecule has 0 amide bonds. The molecule has 1 aliphatic carbocycles. The van der Waals surface area contributed by atoms with E-state index in [0.29, 0.717) is 0 Å². The summed E-state index contributed by atoms with van der Waals surface area (Å²) in [6.45, 7) is 11.4. The minimum absolute atomic E-state index is 0.132. The second kappa shape index (κ2) is 6.72. The smallest absolute Gasteiger partial charge is 0.0976 e. The van der Waals surface area contributed by atoms with Crippen molar-refractivity contribution in [3.05, 3.63) is 0 Å². The molecule has 1 saturated carbocycles. The van der Waals surface area contributed by atoms with Crippen LogP contribution in [0.2, 0.25) is 0 Å². The van der Waals surface area contributed by atoms with Crippen molar-refractivity contribution in [1.82, 2.24) is 9.80 Å². The van der Waals surface area contributed by atoms with E-state index < -0.39 is 0 Å². The molecule has 1 heterocycles. The third-order valence-corrected chi connectivity index (χ3v) is 5.41. The minimum atomic E-state index is 0.132. The molecule has 2 fully saturated rings. The number of hydrogen-bond acceptors (Lipinski definition) is 3. The molecule has 3 heteroatoms. The van der Waals surface area contributed by atoms with Gasteiger partial charge in [0.2, 0.25) is 0 Å². The topological polar surface area (TPSA) is 30.3 Å². The maximum atomic E-state index is 9.15. The lowest BCUT2D eigenvalue weighted by Crippen LogP contribution is -2.53. The van der Waals surface area contributed by atoms with Gasteiger partial charge in [-0.1, -0.05) is 20.8 Å². The first-order valence-corrected chi connectivity index (χ1v) is 8.03. The highest BCUT2D eigenvalue weighted by atomic mass is 15.3. The van der Waals surface area contributed by atoms with Crippen LogP contribution in [0.1, 0.15) is 46.5 Å². The zero-order chi connectivity index (χ0) is 13.8. The first-order chi connectivity index (χ1) is 9.15. The monoisotopic (exact) mass is 263 g/mol. The molecule has 0 aromatic rings. The van der Waals surface area contributed by atoms with Crippen LogP contribution >= 0.6 is 0 Å². The van der Waals surface area contributed by atoms with Crippen LogP contribution in [0.25, 0.3) is 0 Å². The SMILES string of the molecule is CCC(C#N)N1CCN(C2CCC(C)C(C)C2)CC1. The molecule has 0 radical (unpaired) electrons. The Morgan fingerprint density at radius 3 is 2.32 bits per heavy atom. The molecule has 0 N–H and O–H groups in total. The molecule has 2 aliphatic rings. The van der Waals surface area contributed by atoms with Crippen molar-refractivity contribution < 1.29 is 0 Å². The molecule has 0 spiro atoms. The molecule has 0 aromatic heterocycles. The number of hydrogen-bond donors (Lipinski definition) is 0. The number of nitrogens with zero attached hydrogens (tertiary/aromatic N) is 3. The summed E-state index contributed by atoms with van der Waals surface area (Å²) >= 11 is 0. The lowest BCUT2D eigenvalue weighted by molar-refractivity contribution is 0.0483. The average molecular weight is 263 g/mol. The second-order valence-corrected chi connectivity index (χ2v) is 6.55. The summed E-state index contributed by atoms with van der Waals surface area (Å²) in [5.41, 5.74) is 0. The summed E-state index contributed by atoms with van der Waals surface area (Å²) in [4.78, 5) is 5.05. The van der Waals surface area contributed by atoms with Crippen LogP contribution in [-0.4, -0.2) is 48.1 Å². The zero-order valence-electron chi connectivity index (χ0n) is 12.8. The zero-order valence-corrected chi connectivity index (χ0v) is 12.8. The lowest BCUT2D eigenvalue weighted by atomic mass is 9.78. The van der Waals surface area contributed by atoms with Crippen LogP contribution in [0, 0.1) is 23.2 Å². The van der Waals surface area contributed by atoms with Crippen LogP contribution < -0.4 is 0 Å². The van der Waals surface area contributed by atoms with E-state index in [1.165, 1.54) is 19.3 Å². The van der Waals surface area contributed by atoms with Gasteiger partial charge in [0.05, 0.1) is 12.1 Å². The predicted octanol–water partition coefficient (Wildman–Crippen LogP) is 2.73. The highest BCUT2D eigenvalue weighted by Gasteiger charge is 2.31. The van der Waals surface area contributed by atoms with E-state index in [0.717, 1.165) is 50.5 Å². The molecule has 1 saturated heterocycles. The maximum absolute atomic E-state index is 9.15. The number of nitriles is 1. The first kappa shape index (κ1) is 14.8. The summed E-state index contributed by atoms with van der Waals surface area (Å²) in [6, 6.07) is 3.37. The summed E-state index contributed by atoms with van der Waals surface area (Å²) in [5, 5.41) is 9.15. The Morgan fingerprint density at radius 1 is 1.11 bits per heavy atom. The lowest BCUT2D eigenvalue weighted by Gasteiger charge is -2.44. The molecule has 2 rings (SSSR count). The van der Waals surface area contributed by atoms with Crippen molar-refractivity contribution in [2.75, 3.05) is 26.2 Å². The van der Waals surface area contributed by atoms with E-state index in [2.05, 4.69) is 36.6 Å². The molecule has 3 nitrogen and oxygen atoms in total. The molecule has 19 heavy (non-hydrogen) atoms. The predicted molar refractivity (Wildman–Crippen MR) is 78.8 cm³/mol. The highest BCUT2D eigenvalue weighted by molar-refractivity contribution is 4.94. The quantitative estimate of drug-likeness (QED) is 0.784. The molecule has 0 aromatic carbocycles. The number of rotatable bonds is 3. The van der Waals surface area contributed by atoms with E-state index in [4.69, 9.17) is 5.26 Å². The van der Waals surface area contributed by atoms with Gasteiger partial charge in [-0.25, -0.2) is 0 Å². The highest BCUT2D eigenvalue weighted by Crippen LogP contribution is 2.32. The van der Waals surface area contributed by atoms with Crippen molar-refractivity contribution in [2.45, 2.75) is 58.5 Å². The van der Waals surface area contributed by atoms with E-state index >= 15 is 0 Å². The van der Waals surface area contributed by atoms with E-state index in [9.17, 15) is 0 Å². The van der Waals surface area contributed by atoms with E-state index in [1.807, 2.05) is 0 Å². The molecule has 4 atom stereocenters. The van der Waals surface area contributed by atoms with E-state index in [1.54, 1.807) is 0 Å². The van der Waals surface area contributed by atoms with Gasteiger partial charge in [0.25, 0.3) is 0 Å². The Hall–Kier alpha value is -0.590.